The highest BCUT2D eigenvalue weighted by molar-refractivity contribution is 5.23. The number of hydrogen-bond donors (Lipinski definition) is 7. The van der Waals surface area contributed by atoms with Gasteiger partial charge in [-0.05, 0) is 6.92 Å². The summed E-state index contributed by atoms with van der Waals surface area (Å²) in [6, 6.07) is 1.09. The minimum atomic E-state index is -1.79. The molecule has 10 atom stereocenters. The van der Waals surface area contributed by atoms with Crippen LogP contribution >= 0.6 is 0 Å². The Hall–Kier alpha value is -1.65. The average molecular weight is 450 g/mol. The van der Waals surface area contributed by atoms with Crippen LogP contribution in [0.15, 0.2) is 21.5 Å². The molecule has 2 fully saturated rings. The molecule has 1 aromatic rings. The standard InChI is InChI=1S/C18H26O13/c1-6-15(7(20)2-3-27-6)31-18-14(25)16(11(22)8(4-19)30-18)28-5-9-10(21)12(23)13(24)17(26)29-9/h2-3,8-14,16-19,21-26H,4-5H2,1H3/t8-,9-,10-,11-,12+,13-,14-,16+,17-,18+/m1/s1. The summed E-state index contributed by atoms with van der Waals surface area (Å²) in [6.07, 6.45) is -14.5. The molecule has 0 aromatic carbocycles. The molecule has 31 heavy (non-hydrogen) atoms. The molecule has 3 heterocycles. The van der Waals surface area contributed by atoms with Crippen LogP contribution in [0.1, 0.15) is 5.76 Å². The summed E-state index contributed by atoms with van der Waals surface area (Å²) >= 11 is 0. The van der Waals surface area contributed by atoms with Crippen LogP contribution in [0.25, 0.3) is 0 Å². The Kier molecular flexibility index (Phi) is 7.64. The van der Waals surface area contributed by atoms with Gasteiger partial charge in [-0.2, -0.15) is 0 Å². The lowest BCUT2D eigenvalue weighted by atomic mass is 9.97. The Morgan fingerprint density at radius 3 is 2.29 bits per heavy atom. The maximum absolute atomic E-state index is 12.0. The predicted octanol–water partition coefficient (Wildman–Crippen LogP) is -4.05. The van der Waals surface area contributed by atoms with Gasteiger partial charge in [-0.15, -0.1) is 0 Å². The van der Waals surface area contributed by atoms with Crippen molar-refractivity contribution in [2.45, 2.75) is 68.3 Å². The van der Waals surface area contributed by atoms with E-state index in [9.17, 15) is 40.5 Å². The maximum Gasteiger partial charge on any atom is 0.229 e. The van der Waals surface area contributed by atoms with Crippen molar-refractivity contribution in [3.63, 3.8) is 0 Å². The molecule has 13 heteroatoms. The lowest BCUT2D eigenvalue weighted by Gasteiger charge is -2.43. The van der Waals surface area contributed by atoms with E-state index in [1.54, 1.807) is 0 Å². The Balaban J connectivity index is 1.73. The third kappa shape index (κ3) is 4.90. The Bertz CT molecular complexity index is 784. The van der Waals surface area contributed by atoms with Gasteiger partial charge in [0.05, 0.1) is 19.5 Å². The summed E-state index contributed by atoms with van der Waals surface area (Å²) in [5.41, 5.74) is -0.552. The maximum atomic E-state index is 12.0. The molecule has 0 aliphatic carbocycles. The lowest BCUT2D eigenvalue weighted by molar-refractivity contribution is -0.311. The number of rotatable bonds is 6. The number of aryl methyl sites for hydroxylation is 1. The summed E-state index contributed by atoms with van der Waals surface area (Å²) in [5.74, 6) is -0.141. The molecule has 176 valence electrons. The SMILES string of the molecule is Cc1occc(=O)c1O[C@@H]1O[C@H](CO)[C@@H](O)[C@H](OC[C@H]2O[C@@H](O)[C@H](O)[C@@H](O)[C@@H]2O)[C@H]1O. The van der Waals surface area contributed by atoms with Gasteiger partial charge in [-0.1, -0.05) is 0 Å². The van der Waals surface area contributed by atoms with Crippen LogP contribution in [0, 0.1) is 6.92 Å². The van der Waals surface area contributed by atoms with E-state index >= 15 is 0 Å². The van der Waals surface area contributed by atoms with Crippen LogP contribution in [0.5, 0.6) is 5.75 Å². The summed E-state index contributed by atoms with van der Waals surface area (Å²) < 4.78 is 26.3. The first-order valence-corrected chi connectivity index (χ1v) is 9.52. The van der Waals surface area contributed by atoms with Crippen molar-refractivity contribution in [3.8, 4) is 5.75 Å². The van der Waals surface area contributed by atoms with Crippen molar-refractivity contribution in [2.75, 3.05) is 13.2 Å². The molecule has 2 aliphatic heterocycles. The summed E-state index contributed by atoms with van der Waals surface area (Å²) in [7, 11) is 0. The Labute approximate surface area is 175 Å². The molecule has 2 saturated heterocycles. The molecule has 1 aromatic heterocycles. The van der Waals surface area contributed by atoms with E-state index in [-0.39, 0.29) is 11.5 Å². The van der Waals surface area contributed by atoms with Crippen LogP contribution in [-0.4, -0.2) is 110 Å². The highest BCUT2D eigenvalue weighted by Gasteiger charge is 2.48. The van der Waals surface area contributed by atoms with E-state index in [1.165, 1.54) is 6.92 Å². The molecule has 0 amide bonds. The molecule has 0 bridgehead atoms. The third-order valence-electron chi connectivity index (χ3n) is 5.20. The van der Waals surface area contributed by atoms with Gasteiger partial charge in [0.2, 0.25) is 17.5 Å². The fraction of sp³-hybridized carbons (Fsp3) is 0.722. The highest BCUT2D eigenvalue weighted by Crippen LogP contribution is 2.27. The van der Waals surface area contributed by atoms with E-state index in [1.807, 2.05) is 0 Å². The Morgan fingerprint density at radius 1 is 0.935 bits per heavy atom. The van der Waals surface area contributed by atoms with Gasteiger partial charge < -0.3 is 59.1 Å². The van der Waals surface area contributed by atoms with Crippen LogP contribution in [0.2, 0.25) is 0 Å². The smallest absolute Gasteiger partial charge is 0.229 e. The van der Waals surface area contributed by atoms with Crippen molar-refractivity contribution < 1.29 is 59.1 Å². The van der Waals surface area contributed by atoms with Crippen molar-refractivity contribution in [2.24, 2.45) is 0 Å². The quantitative estimate of drug-likeness (QED) is 0.220. The third-order valence-corrected chi connectivity index (χ3v) is 5.20. The zero-order chi connectivity index (χ0) is 22.9. The second-order valence-corrected chi connectivity index (χ2v) is 7.33. The van der Waals surface area contributed by atoms with Crippen molar-refractivity contribution in [1.29, 1.82) is 0 Å². The molecule has 13 nitrogen and oxygen atoms in total. The van der Waals surface area contributed by atoms with Gasteiger partial charge in [0.1, 0.15) is 54.6 Å². The zero-order valence-corrected chi connectivity index (χ0v) is 16.4. The van der Waals surface area contributed by atoms with E-state index < -0.39 is 80.1 Å². The van der Waals surface area contributed by atoms with Gasteiger partial charge in [0.25, 0.3) is 0 Å². The Morgan fingerprint density at radius 2 is 1.65 bits per heavy atom. The van der Waals surface area contributed by atoms with Crippen molar-refractivity contribution >= 4 is 0 Å². The fourth-order valence-corrected chi connectivity index (χ4v) is 3.38. The molecule has 0 spiro atoms. The number of aliphatic hydroxyl groups is 7. The minimum Gasteiger partial charge on any atom is -0.465 e. The van der Waals surface area contributed by atoms with Gasteiger partial charge in [-0.3, -0.25) is 4.79 Å². The first-order chi connectivity index (χ1) is 14.6. The molecule has 0 saturated carbocycles. The fourth-order valence-electron chi connectivity index (χ4n) is 3.38. The molecule has 0 radical (unpaired) electrons. The van der Waals surface area contributed by atoms with Crippen LogP contribution in [-0.2, 0) is 14.2 Å². The van der Waals surface area contributed by atoms with Crippen molar-refractivity contribution in [1.82, 2.24) is 0 Å². The van der Waals surface area contributed by atoms with E-state index in [0.29, 0.717) is 0 Å². The summed E-state index contributed by atoms with van der Waals surface area (Å²) in [5, 5.41) is 69.4. The monoisotopic (exact) mass is 450 g/mol. The van der Waals surface area contributed by atoms with E-state index in [0.717, 1.165) is 12.3 Å². The second-order valence-electron chi connectivity index (χ2n) is 7.33. The molecule has 3 rings (SSSR count). The topological polar surface area (TPSA) is 209 Å². The molecular weight excluding hydrogens is 424 g/mol. The minimum absolute atomic E-state index is 0.104. The predicted molar refractivity (Wildman–Crippen MR) is 96.7 cm³/mol. The number of ether oxygens (including phenoxy) is 4. The number of aliphatic hydroxyl groups excluding tert-OH is 7. The van der Waals surface area contributed by atoms with E-state index in [4.69, 9.17) is 23.4 Å². The molecule has 2 aliphatic rings. The van der Waals surface area contributed by atoms with Crippen molar-refractivity contribution in [3.05, 3.63) is 28.3 Å². The first kappa shape index (κ1) is 24.0. The van der Waals surface area contributed by atoms with Crippen LogP contribution in [0.3, 0.4) is 0 Å². The molecule has 0 unspecified atom stereocenters. The highest BCUT2D eigenvalue weighted by atomic mass is 16.7. The lowest BCUT2D eigenvalue weighted by Crippen LogP contribution is -2.63. The average Bonchev–Trinajstić information content (AvgIpc) is 2.74. The second kappa shape index (κ2) is 9.87. The normalized spacial score (nSPS) is 41.2. The first-order valence-electron chi connectivity index (χ1n) is 9.52. The largest absolute Gasteiger partial charge is 0.465 e. The van der Waals surface area contributed by atoms with Gasteiger partial charge in [-0.25, -0.2) is 0 Å². The molecular formula is C18H26O13. The van der Waals surface area contributed by atoms with Gasteiger partial charge in [0, 0.05) is 6.07 Å². The number of hydrogen-bond acceptors (Lipinski definition) is 13. The zero-order valence-electron chi connectivity index (χ0n) is 16.4. The van der Waals surface area contributed by atoms with Gasteiger partial charge >= 0.3 is 0 Å². The van der Waals surface area contributed by atoms with Gasteiger partial charge in [0.15, 0.2) is 6.29 Å². The molecule has 7 N–H and O–H groups in total. The van der Waals surface area contributed by atoms with Crippen LogP contribution < -0.4 is 10.2 Å². The summed E-state index contributed by atoms with van der Waals surface area (Å²) in [6.45, 7) is 0.242. The summed E-state index contributed by atoms with van der Waals surface area (Å²) in [4.78, 5) is 12.0. The van der Waals surface area contributed by atoms with Crippen LogP contribution in [0.4, 0.5) is 0 Å². The van der Waals surface area contributed by atoms with E-state index in [2.05, 4.69) is 0 Å².